The molecule has 0 unspecified atom stereocenters. The lowest BCUT2D eigenvalue weighted by Crippen LogP contribution is -2.50. The number of benzene rings is 1. The van der Waals surface area contributed by atoms with Crippen molar-refractivity contribution in [1.82, 2.24) is 10.6 Å². The van der Waals surface area contributed by atoms with E-state index in [0.717, 1.165) is 36.3 Å². The average Bonchev–Trinajstić information content (AvgIpc) is 2.44. The van der Waals surface area contributed by atoms with Gasteiger partial charge in [0, 0.05) is 18.0 Å². The number of thioether (sulfide) groups is 1. The summed E-state index contributed by atoms with van der Waals surface area (Å²) in [5.74, 6) is 0.626. The maximum Gasteiger partial charge on any atom is 0.314 e. The van der Waals surface area contributed by atoms with Crippen molar-refractivity contribution in [1.29, 1.82) is 0 Å². The molecule has 1 aliphatic rings. The first-order valence-corrected chi connectivity index (χ1v) is 8.18. The molecule has 4 nitrogen and oxygen atoms in total. The quantitative estimate of drug-likeness (QED) is 0.535. The van der Waals surface area contributed by atoms with E-state index in [0.29, 0.717) is 13.1 Å². The second kappa shape index (κ2) is 7.66. The van der Waals surface area contributed by atoms with Crippen molar-refractivity contribution in [3.63, 3.8) is 0 Å². The maximum absolute atomic E-state index is 12.7. The number of aliphatic hydroxyl groups is 1. The lowest BCUT2D eigenvalue weighted by Gasteiger charge is -2.36. The predicted molar refractivity (Wildman–Crippen MR) is 81.9 cm³/mol. The summed E-state index contributed by atoms with van der Waals surface area (Å²) in [5.41, 5.74) is -0.685. The van der Waals surface area contributed by atoms with Crippen molar-refractivity contribution in [2.45, 2.75) is 36.2 Å². The van der Waals surface area contributed by atoms with E-state index in [2.05, 4.69) is 10.6 Å². The number of carbonyl (C=O) groups excluding carboxylic acids is 1. The third kappa shape index (κ3) is 5.55. The van der Waals surface area contributed by atoms with E-state index in [-0.39, 0.29) is 11.8 Å². The van der Waals surface area contributed by atoms with Crippen LogP contribution >= 0.6 is 11.8 Å². The number of nitrogens with one attached hydrogen (secondary N) is 2. The van der Waals surface area contributed by atoms with Crippen LogP contribution in [0.2, 0.25) is 0 Å². The minimum absolute atomic E-state index is 0.231. The van der Waals surface area contributed by atoms with Crippen LogP contribution in [0.3, 0.4) is 0 Å². The number of rotatable bonds is 7. The van der Waals surface area contributed by atoms with Gasteiger partial charge in [0.05, 0.1) is 5.60 Å². The first kappa shape index (κ1) is 16.1. The highest BCUT2D eigenvalue weighted by Crippen LogP contribution is 2.30. The molecule has 3 N–H and O–H groups in total. The molecule has 1 fully saturated rings. The number of amides is 2. The van der Waals surface area contributed by atoms with Gasteiger partial charge in [0.2, 0.25) is 0 Å². The monoisotopic (exact) mass is 312 g/mol. The Hall–Kier alpha value is -1.27. The van der Waals surface area contributed by atoms with E-state index in [9.17, 15) is 14.3 Å². The van der Waals surface area contributed by atoms with Gasteiger partial charge in [-0.1, -0.05) is 0 Å². The molecular formula is C15H21FN2O2S. The van der Waals surface area contributed by atoms with Gasteiger partial charge in [-0.25, -0.2) is 9.18 Å². The van der Waals surface area contributed by atoms with E-state index >= 15 is 0 Å². The van der Waals surface area contributed by atoms with Crippen LogP contribution in [0.25, 0.3) is 0 Å². The van der Waals surface area contributed by atoms with Gasteiger partial charge < -0.3 is 15.7 Å². The van der Waals surface area contributed by atoms with Gasteiger partial charge in [-0.15, -0.1) is 11.8 Å². The van der Waals surface area contributed by atoms with Gasteiger partial charge >= 0.3 is 6.03 Å². The van der Waals surface area contributed by atoms with Crippen molar-refractivity contribution < 1.29 is 14.3 Å². The SMILES string of the molecule is O=C(NCCCSc1ccc(F)cc1)NCC1(O)CCC1. The van der Waals surface area contributed by atoms with Crippen molar-refractivity contribution >= 4 is 17.8 Å². The number of hydrogen-bond donors (Lipinski definition) is 3. The van der Waals surface area contributed by atoms with Crippen LogP contribution in [-0.2, 0) is 0 Å². The zero-order chi connectivity index (χ0) is 15.1. The molecular weight excluding hydrogens is 291 g/mol. The van der Waals surface area contributed by atoms with Crippen molar-refractivity contribution in [2.75, 3.05) is 18.8 Å². The minimum Gasteiger partial charge on any atom is -0.388 e. The Balaban J connectivity index is 1.51. The normalized spacial score (nSPS) is 16.1. The summed E-state index contributed by atoms with van der Waals surface area (Å²) < 4.78 is 12.7. The molecule has 0 bridgehead atoms. The molecule has 1 aromatic carbocycles. The molecule has 116 valence electrons. The van der Waals surface area contributed by atoms with Crippen molar-refractivity contribution in [3.8, 4) is 0 Å². The highest BCUT2D eigenvalue weighted by atomic mass is 32.2. The largest absolute Gasteiger partial charge is 0.388 e. The zero-order valence-corrected chi connectivity index (χ0v) is 12.7. The fraction of sp³-hybridized carbons (Fsp3) is 0.533. The Kier molecular flexibility index (Phi) is 5.87. The van der Waals surface area contributed by atoms with E-state index in [4.69, 9.17) is 0 Å². The number of halogens is 1. The Morgan fingerprint density at radius 2 is 2.00 bits per heavy atom. The number of urea groups is 1. The molecule has 0 radical (unpaired) electrons. The fourth-order valence-electron chi connectivity index (χ4n) is 2.06. The highest BCUT2D eigenvalue weighted by Gasteiger charge is 2.34. The molecule has 0 aliphatic heterocycles. The summed E-state index contributed by atoms with van der Waals surface area (Å²) in [6, 6.07) is 6.15. The Morgan fingerprint density at radius 1 is 1.29 bits per heavy atom. The van der Waals surface area contributed by atoms with Crippen LogP contribution in [0.4, 0.5) is 9.18 Å². The van der Waals surface area contributed by atoms with Crippen LogP contribution in [0.5, 0.6) is 0 Å². The van der Waals surface area contributed by atoms with E-state index < -0.39 is 5.60 Å². The van der Waals surface area contributed by atoms with Crippen molar-refractivity contribution in [3.05, 3.63) is 30.1 Å². The van der Waals surface area contributed by atoms with Crippen LogP contribution < -0.4 is 10.6 Å². The third-order valence-corrected chi connectivity index (χ3v) is 4.65. The molecule has 0 spiro atoms. The summed E-state index contributed by atoms with van der Waals surface area (Å²) >= 11 is 1.63. The summed E-state index contributed by atoms with van der Waals surface area (Å²) in [6.45, 7) is 0.904. The second-order valence-electron chi connectivity index (χ2n) is 5.34. The van der Waals surface area contributed by atoms with Gasteiger partial charge in [-0.05, 0) is 55.7 Å². The average molecular weight is 312 g/mol. The summed E-state index contributed by atoms with van der Waals surface area (Å²) in [7, 11) is 0. The van der Waals surface area contributed by atoms with Crippen LogP contribution in [0.15, 0.2) is 29.2 Å². The van der Waals surface area contributed by atoms with E-state index in [1.165, 1.54) is 12.1 Å². The molecule has 21 heavy (non-hydrogen) atoms. The maximum atomic E-state index is 12.7. The van der Waals surface area contributed by atoms with E-state index in [1.54, 1.807) is 23.9 Å². The number of carbonyl (C=O) groups is 1. The first-order chi connectivity index (χ1) is 10.1. The molecule has 1 saturated carbocycles. The highest BCUT2D eigenvalue weighted by molar-refractivity contribution is 7.99. The summed E-state index contributed by atoms with van der Waals surface area (Å²) in [4.78, 5) is 12.5. The van der Waals surface area contributed by atoms with Gasteiger partial charge in [-0.2, -0.15) is 0 Å². The van der Waals surface area contributed by atoms with E-state index in [1.807, 2.05) is 0 Å². The Bertz CT molecular complexity index is 463. The molecule has 0 saturated heterocycles. The summed E-state index contributed by atoms with van der Waals surface area (Å²) in [5, 5.41) is 15.3. The second-order valence-corrected chi connectivity index (χ2v) is 6.51. The Labute approximate surface area is 128 Å². The lowest BCUT2D eigenvalue weighted by atomic mass is 9.80. The van der Waals surface area contributed by atoms with Crippen LogP contribution in [-0.4, -0.2) is 35.6 Å². The lowest BCUT2D eigenvalue weighted by molar-refractivity contribution is -0.0290. The van der Waals surface area contributed by atoms with Gasteiger partial charge in [-0.3, -0.25) is 0 Å². The van der Waals surface area contributed by atoms with Crippen LogP contribution in [0.1, 0.15) is 25.7 Å². The topological polar surface area (TPSA) is 61.4 Å². The summed E-state index contributed by atoms with van der Waals surface area (Å²) in [6.07, 6.45) is 3.39. The smallest absolute Gasteiger partial charge is 0.314 e. The standard InChI is InChI=1S/C15H21FN2O2S/c16-12-3-5-13(6-4-12)21-10-2-9-17-14(19)18-11-15(20)7-1-8-15/h3-6,20H,1-2,7-11H2,(H2,17,18,19). The predicted octanol–water partition coefficient (Wildman–Crippen LogP) is 2.52. The molecule has 6 heteroatoms. The Morgan fingerprint density at radius 3 is 2.62 bits per heavy atom. The minimum atomic E-state index is -0.685. The first-order valence-electron chi connectivity index (χ1n) is 7.20. The molecule has 1 aromatic rings. The molecule has 2 rings (SSSR count). The molecule has 0 aromatic heterocycles. The molecule has 0 heterocycles. The zero-order valence-electron chi connectivity index (χ0n) is 11.9. The van der Waals surface area contributed by atoms with Crippen LogP contribution in [0, 0.1) is 5.82 Å². The molecule has 2 amide bonds. The third-order valence-electron chi connectivity index (χ3n) is 3.55. The molecule has 0 atom stereocenters. The van der Waals surface area contributed by atoms with Crippen molar-refractivity contribution in [2.24, 2.45) is 0 Å². The van der Waals surface area contributed by atoms with Gasteiger partial charge in [0.15, 0.2) is 0 Å². The fourth-order valence-corrected chi connectivity index (χ4v) is 2.92. The number of hydrogen-bond acceptors (Lipinski definition) is 3. The van der Waals surface area contributed by atoms with Gasteiger partial charge in [0.25, 0.3) is 0 Å². The molecule has 1 aliphatic carbocycles. The van der Waals surface area contributed by atoms with Gasteiger partial charge in [0.1, 0.15) is 5.82 Å².